The summed E-state index contributed by atoms with van der Waals surface area (Å²) in [6.07, 6.45) is 0. The van der Waals surface area contributed by atoms with Gasteiger partial charge in [0.25, 0.3) is 0 Å². The molecule has 1 heterocycles. The highest BCUT2D eigenvalue weighted by Gasteiger charge is 2.37. The first kappa shape index (κ1) is 12.0. The van der Waals surface area contributed by atoms with Crippen LogP contribution in [0.5, 0.6) is 0 Å². The molecule has 0 spiro atoms. The van der Waals surface area contributed by atoms with E-state index in [0.717, 1.165) is 10.1 Å². The number of hydrogen-bond acceptors (Lipinski definition) is 5. The molecule has 1 aromatic rings. The number of aliphatic hydroxyl groups is 2. The Morgan fingerprint density at radius 3 is 2.69 bits per heavy atom. The third kappa shape index (κ3) is 2.79. The fourth-order valence-corrected chi connectivity index (χ4v) is 3.42. The Morgan fingerprint density at radius 2 is 2.12 bits per heavy atom. The highest BCUT2D eigenvalue weighted by Crippen LogP contribution is 2.37. The van der Waals surface area contributed by atoms with Crippen LogP contribution < -0.4 is 0 Å². The van der Waals surface area contributed by atoms with Gasteiger partial charge in [0.1, 0.15) is 4.38 Å². The Morgan fingerprint density at radius 1 is 1.44 bits per heavy atom. The van der Waals surface area contributed by atoms with Gasteiger partial charge in [0.15, 0.2) is 11.2 Å². The van der Waals surface area contributed by atoms with E-state index >= 15 is 0 Å². The summed E-state index contributed by atoms with van der Waals surface area (Å²) in [7, 11) is 0. The lowest BCUT2D eigenvalue weighted by atomic mass is 10.2. The monoisotopic (exact) mass is 255 g/mol. The molecule has 0 fully saturated rings. The van der Waals surface area contributed by atoms with Crippen molar-refractivity contribution in [3.8, 4) is 0 Å². The maximum absolute atomic E-state index is 9.66. The standard InChI is InChI=1S/C11H13NO2S2/c1-11(14)9(13)16-10(12-11)15-7-8-5-3-2-4-6-8/h2-6,9,13-14H,7H2,1H3. The third-order valence-electron chi connectivity index (χ3n) is 2.20. The Kier molecular flexibility index (Phi) is 3.59. The van der Waals surface area contributed by atoms with Gasteiger partial charge in [-0.25, -0.2) is 4.99 Å². The van der Waals surface area contributed by atoms with Crippen molar-refractivity contribution in [3.63, 3.8) is 0 Å². The minimum absolute atomic E-state index is 0.737. The molecule has 0 amide bonds. The van der Waals surface area contributed by atoms with Gasteiger partial charge >= 0.3 is 0 Å². The topological polar surface area (TPSA) is 52.8 Å². The van der Waals surface area contributed by atoms with E-state index in [-0.39, 0.29) is 0 Å². The van der Waals surface area contributed by atoms with Crippen LogP contribution in [-0.4, -0.2) is 25.7 Å². The van der Waals surface area contributed by atoms with Crippen LogP contribution in [-0.2, 0) is 5.75 Å². The van der Waals surface area contributed by atoms with E-state index in [1.807, 2.05) is 30.3 Å². The van der Waals surface area contributed by atoms with E-state index in [1.54, 1.807) is 0 Å². The van der Waals surface area contributed by atoms with E-state index in [1.165, 1.54) is 36.0 Å². The summed E-state index contributed by atoms with van der Waals surface area (Å²) >= 11 is 2.75. The van der Waals surface area contributed by atoms with Crippen LogP contribution in [0.1, 0.15) is 12.5 Å². The molecule has 3 nitrogen and oxygen atoms in total. The molecule has 1 aliphatic rings. The summed E-state index contributed by atoms with van der Waals surface area (Å²) in [4.78, 5) is 4.06. The van der Waals surface area contributed by atoms with E-state index in [4.69, 9.17) is 0 Å². The van der Waals surface area contributed by atoms with Crippen molar-refractivity contribution in [1.82, 2.24) is 0 Å². The first-order valence-electron chi connectivity index (χ1n) is 4.91. The average molecular weight is 255 g/mol. The van der Waals surface area contributed by atoms with Crippen molar-refractivity contribution in [2.75, 3.05) is 0 Å². The summed E-state index contributed by atoms with van der Waals surface area (Å²) in [5.41, 5.74) is -0.994. The van der Waals surface area contributed by atoms with E-state index in [9.17, 15) is 10.2 Å². The molecular weight excluding hydrogens is 242 g/mol. The maximum Gasteiger partial charge on any atom is 0.191 e. The van der Waals surface area contributed by atoms with Gasteiger partial charge in [0, 0.05) is 5.75 Å². The van der Waals surface area contributed by atoms with Gasteiger partial charge in [0.05, 0.1) is 0 Å². The van der Waals surface area contributed by atoms with Crippen molar-refractivity contribution in [2.45, 2.75) is 23.8 Å². The predicted octanol–water partition coefficient (Wildman–Crippen LogP) is 2.05. The van der Waals surface area contributed by atoms with Gasteiger partial charge in [-0.15, -0.1) is 0 Å². The van der Waals surface area contributed by atoms with Crippen molar-refractivity contribution in [3.05, 3.63) is 35.9 Å². The molecule has 2 rings (SSSR count). The summed E-state index contributed by atoms with van der Waals surface area (Å²) < 4.78 is 0.737. The zero-order valence-corrected chi connectivity index (χ0v) is 10.5. The van der Waals surface area contributed by atoms with Gasteiger partial charge in [0.2, 0.25) is 0 Å². The molecule has 0 saturated carbocycles. The Bertz CT molecular complexity index is 392. The number of nitrogens with zero attached hydrogens (tertiary/aromatic N) is 1. The summed E-state index contributed by atoms with van der Waals surface area (Å²) in [6.45, 7) is 1.51. The molecule has 5 heteroatoms. The molecule has 2 unspecified atom stereocenters. The highest BCUT2D eigenvalue weighted by atomic mass is 32.2. The Balaban J connectivity index is 1.93. The van der Waals surface area contributed by atoms with Crippen LogP contribution in [0.2, 0.25) is 0 Å². The molecule has 86 valence electrons. The smallest absolute Gasteiger partial charge is 0.191 e. The first-order valence-corrected chi connectivity index (χ1v) is 6.78. The lowest BCUT2D eigenvalue weighted by Gasteiger charge is -2.15. The molecule has 0 aromatic heterocycles. The summed E-state index contributed by atoms with van der Waals surface area (Å²) in [5, 5.41) is 19.2. The quantitative estimate of drug-likeness (QED) is 0.849. The van der Waals surface area contributed by atoms with Crippen LogP contribution in [0.3, 0.4) is 0 Å². The average Bonchev–Trinajstić information content (AvgIpc) is 2.52. The molecule has 0 bridgehead atoms. The lowest BCUT2D eigenvalue weighted by molar-refractivity contribution is -0.00522. The van der Waals surface area contributed by atoms with Gasteiger partial charge in [-0.2, -0.15) is 0 Å². The van der Waals surface area contributed by atoms with Crippen LogP contribution in [0.25, 0.3) is 0 Å². The van der Waals surface area contributed by atoms with Crippen molar-refractivity contribution >= 4 is 27.9 Å². The van der Waals surface area contributed by atoms with Crippen LogP contribution in [0.15, 0.2) is 35.3 Å². The number of aliphatic imine (C=N–C) groups is 1. The predicted molar refractivity (Wildman–Crippen MR) is 69.4 cm³/mol. The normalized spacial score (nSPS) is 29.2. The van der Waals surface area contributed by atoms with Crippen molar-refractivity contribution < 1.29 is 10.2 Å². The van der Waals surface area contributed by atoms with Crippen LogP contribution in [0.4, 0.5) is 0 Å². The Labute approximate surface area is 103 Å². The summed E-state index contributed by atoms with van der Waals surface area (Å²) in [5.74, 6) is 0.801. The highest BCUT2D eigenvalue weighted by molar-refractivity contribution is 8.39. The molecule has 0 aliphatic carbocycles. The molecule has 1 aliphatic heterocycles. The lowest BCUT2D eigenvalue weighted by Crippen LogP contribution is -2.30. The second kappa shape index (κ2) is 4.79. The molecule has 2 N–H and O–H groups in total. The van der Waals surface area contributed by atoms with E-state index < -0.39 is 11.2 Å². The minimum Gasteiger partial charge on any atom is -0.377 e. The number of rotatable bonds is 2. The van der Waals surface area contributed by atoms with Crippen LogP contribution in [0, 0.1) is 0 Å². The summed E-state index contributed by atoms with van der Waals surface area (Å²) in [6, 6.07) is 10.0. The molecule has 0 saturated heterocycles. The zero-order valence-electron chi connectivity index (χ0n) is 8.83. The number of thioether (sulfide) groups is 2. The van der Waals surface area contributed by atoms with Gasteiger partial charge in [-0.3, -0.25) is 0 Å². The third-order valence-corrected chi connectivity index (χ3v) is 4.62. The minimum atomic E-state index is -1.34. The Hall–Kier alpha value is -0.490. The fraction of sp³-hybridized carbons (Fsp3) is 0.364. The van der Waals surface area contributed by atoms with E-state index in [2.05, 4.69) is 4.99 Å². The SMILES string of the molecule is CC1(O)N=C(SCc2ccccc2)SC1O. The van der Waals surface area contributed by atoms with Gasteiger partial charge < -0.3 is 10.2 Å². The van der Waals surface area contributed by atoms with Gasteiger partial charge in [-0.05, 0) is 12.5 Å². The molecular formula is C11H13NO2S2. The second-order valence-corrected chi connectivity index (χ2v) is 6.01. The van der Waals surface area contributed by atoms with Crippen molar-refractivity contribution in [2.24, 2.45) is 4.99 Å². The largest absolute Gasteiger partial charge is 0.377 e. The zero-order chi connectivity index (χ0) is 11.6. The van der Waals surface area contributed by atoms with Gasteiger partial charge in [-0.1, -0.05) is 53.9 Å². The molecule has 1 aromatic carbocycles. The second-order valence-electron chi connectivity index (χ2n) is 3.72. The van der Waals surface area contributed by atoms with E-state index in [0.29, 0.717) is 0 Å². The first-order chi connectivity index (χ1) is 7.58. The molecule has 2 atom stereocenters. The molecule has 0 radical (unpaired) electrons. The maximum atomic E-state index is 9.66. The fourth-order valence-electron chi connectivity index (χ4n) is 1.26. The number of benzene rings is 1. The number of hydrogen-bond donors (Lipinski definition) is 2. The van der Waals surface area contributed by atoms with Crippen LogP contribution >= 0.6 is 23.5 Å². The van der Waals surface area contributed by atoms with Crippen molar-refractivity contribution in [1.29, 1.82) is 0 Å². The molecule has 16 heavy (non-hydrogen) atoms. The number of aliphatic hydroxyl groups excluding tert-OH is 1.